The van der Waals surface area contributed by atoms with Crippen LogP contribution in [0.25, 0.3) is 0 Å². The van der Waals surface area contributed by atoms with Gasteiger partial charge in [0.05, 0.1) is 14.9 Å². The van der Waals surface area contributed by atoms with E-state index in [1.807, 2.05) is 0 Å². The summed E-state index contributed by atoms with van der Waals surface area (Å²) in [4.78, 5) is 3.92. The van der Waals surface area contributed by atoms with E-state index in [1.54, 1.807) is 12.1 Å². The van der Waals surface area contributed by atoms with Crippen molar-refractivity contribution in [3.05, 3.63) is 52.3 Å². The van der Waals surface area contributed by atoms with E-state index in [4.69, 9.17) is 28.3 Å². The summed E-state index contributed by atoms with van der Waals surface area (Å²) in [5, 5.41) is 9.04. The maximum Gasteiger partial charge on any atom is 0.238 e. The quantitative estimate of drug-likeness (QED) is 0.901. The van der Waals surface area contributed by atoms with Gasteiger partial charge >= 0.3 is 0 Å². The zero-order valence-corrected chi connectivity index (χ0v) is 12.5. The molecule has 0 fully saturated rings. The largest absolute Gasteiger partial charge is 0.381 e. The first-order chi connectivity index (χ1) is 9.38. The molecule has 106 valence electrons. The van der Waals surface area contributed by atoms with Gasteiger partial charge in [-0.3, -0.25) is 4.98 Å². The van der Waals surface area contributed by atoms with Crippen molar-refractivity contribution in [1.82, 2.24) is 4.98 Å². The standard InChI is InChI=1S/C12H11Cl2N3O2S/c13-11-6-16-7-12(14)10(11)5-17-8-1-3-9(4-2-8)20(15,18)19/h1-4,6-7,17H,5H2,(H2,15,18,19). The Kier molecular flexibility index (Phi) is 4.49. The summed E-state index contributed by atoms with van der Waals surface area (Å²) < 4.78 is 22.3. The van der Waals surface area contributed by atoms with Gasteiger partial charge in [0.25, 0.3) is 0 Å². The van der Waals surface area contributed by atoms with Gasteiger partial charge in [0.2, 0.25) is 10.0 Å². The molecule has 0 radical (unpaired) electrons. The van der Waals surface area contributed by atoms with Crippen LogP contribution in [0.4, 0.5) is 5.69 Å². The predicted octanol–water partition coefficient (Wildman–Crippen LogP) is 2.65. The topological polar surface area (TPSA) is 85.1 Å². The van der Waals surface area contributed by atoms with Gasteiger partial charge in [-0.05, 0) is 24.3 Å². The summed E-state index contributed by atoms with van der Waals surface area (Å²) >= 11 is 12.0. The third-order valence-electron chi connectivity index (χ3n) is 2.60. The molecule has 0 amide bonds. The van der Waals surface area contributed by atoms with Crippen LogP contribution in [0.2, 0.25) is 10.0 Å². The smallest absolute Gasteiger partial charge is 0.238 e. The Morgan fingerprint density at radius 1 is 1.10 bits per heavy atom. The van der Waals surface area contributed by atoms with Crippen molar-refractivity contribution < 1.29 is 8.42 Å². The molecule has 2 rings (SSSR count). The van der Waals surface area contributed by atoms with Crippen LogP contribution in [0.1, 0.15) is 5.56 Å². The van der Waals surface area contributed by atoms with Gasteiger partial charge in [-0.1, -0.05) is 23.2 Å². The minimum absolute atomic E-state index is 0.0584. The summed E-state index contributed by atoms with van der Waals surface area (Å²) in [7, 11) is -3.68. The third-order valence-corrected chi connectivity index (χ3v) is 4.19. The zero-order chi connectivity index (χ0) is 14.8. The Bertz CT molecular complexity index is 698. The van der Waals surface area contributed by atoms with Crippen LogP contribution in [0, 0.1) is 0 Å². The van der Waals surface area contributed by atoms with E-state index >= 15 is 0 Å². The highest BCUT2D eigenvalue weighted by molar-refractivity contribution is 7.89. The average Bonchev–Trinajstić information content (AvgIpc) is 2.37. The van der Waals surface area contributed by atoms with E-state index in [1.165, 1.54) is 24.5 Å². The lowest BCUT2D eigenvalue weighted by Crippen LogP contribution is -2.12. The summed E-state index contributed by atoms with van der Waals surface area (Å²) in [6.45, 7) is 0.398. The molecular formula is C12H11Cl2N3O2S. The third kappa shape index (κ3) is 3.61. The van der Waals surface area contributed by atoms with Crippen LogP contribution in [0.5, 0.6) is 0 Å². The molecule has 5 nitrogen and oxygen atoms in total. The highest BCUT2D eigenvalue weighted by Gasteiger charge is 2.08. The highest BCUT2D eigenvalue weighted by Crippen LogP contribution is 2.24. The molecule has 0 aliphatic heterocycles. The number of nitrogens with two attached hydrogens (primary N) is 1. The van der Waals surface area contributed by atoms with Gasteiger partial charge in [-0.15, -0.1) is 0 Å². The molecule has 0 spiro atoms. The fraction of sp³-hybridized carbons (Fsp3) is 0.0833. The predicted molar refractivity (Wildman–Crippen MR) is 79.4 cm³/mol. The van der Waals surface area contributed by atoms with E-state index in [2.05, 4.69) is 10.3 Å². The number of hydrogen-bond donors (Lipinski definition) is 2. The molecule has 2 aromatic rings. The van der Waals surface area contributed by atoms with Crippen molar-refractivity contribution in [3.63, 3.8) is 0 Å². The zero-order valence-electron chi connectivity index (χ0n) is 10.2. The second-order valence-electron chi connectivity index (χ2n) is 4.00. The van der Waals surface area contributed by atoms with E-state index in [-0.39, 0.29) is 4.90 Å². The maximum atomic E-state index is 11.1. The van der Waals surface area contributed by atoms with Crippen molar-refractivity contribution >= 4 is 38.9 Å². The molecular weight excluding hydrogens is 321 g/mol. The molecule has 0 saturated heterocycles. The van der Waals surface area contributed by atoms with E-state index in [0.717, 1.165) is 11.3 Å². The number of primary sulfonamides is 1. The summed E-state index contributed by atoms with van der Waals surface area (Å²) in [6.07, 6.45) is 3.02. The molecule has 1 heterocycles. The lowest BCUT2D eigenvalue weighted by atomic mass is 10.2. The summed E-state index contributed by atoms with van der Waals surface area (Å²) in [5.74, 6) is 0. The number of nitrogens with zero attached hydrogens (tertiary/aromatic N) is 1. The van der Waals surface area contributed by atoms with Crippen molar-refractivity contribution in [2.24, 2.45) is 5.14 Å². The van der Waals surface area contributed by atoms with Gasteiger partial charge in [-0.2, -0.15) is 0 Å². The Balaban J connectivity index is 2.12. The Hall–Kier alpha value is -1.34. The highest BCUT2D eigenvalue weighted by atomic mass is 35.5. The lowest BCUT2D eigenvalue weighted by molar-refractivity contribution is 0.598. The van der Waals surface area contributed by atoms with Gasteiger partial charge in [-0.25, -0.2) is 13.6 Å². The number of halogens is 2. The maximum absolute atomic E-state index is 11.1. The van der Waals surface area contributed by atoms with Crippen LogP contribution in [-0.4, -0.2) is 13.4 Å². The number of benzene rings is 1. The monoisotopic (exact) mass is 331 g/mol. The SMILES string of the molecule is NS(=O)(=O)c1ccc(NCc2c(Cl)cncc2Cl)cc1. The summed E-state index contributed by atoms with van der Waals surface area (Å²) in [6, 6.07) is 6.08. The first kappa shape index (κ1) is 15.1. The number of nitrogens with one attached hydrogen (secondary N) is 1. The number of rotatable bonds is 4. The Morgan fingerprint density at radius 2 is 1.65 bits per heavy atom. The molecule has 0 unspecified atom stereocenters. The molecule has 1 aromatic heterocycles. The fourth-order valence-electron chi connectivity index (χ4n) is 1.56. The van der Waals surface area contributed by atoms with Crippen LogP contribution in [0.3, 0.4) is 0 Å². The molecule has 0 atom stereocenters. The minimum atomic E-state index is -3.68. The normalized spacial score (nSPS) is 11.3. The van der Waals surface area contributed by atoms with Crippen molar-refractivity contribution in [2.75, 3.05) is 5.32 Å². The van der Waals surface area contributed by atoms with Gasteiger partial charge in [0, 0.05) is 30.2 Å². The number of pyridine rings is 1. The summed E-state index contributed by atoms with van der Waals surface area (Å²) in [5.41, 5.74) is 1.44. The van der Waals surface area contributed by atoms with Crippen molar-refractivity contribution in [2.45, 2.75) is 11.4 Å². The van der Waals surface area contributed by atoms with Crippen LogP contribution in [0.15, 0.2) is 41.6 Å². The fourth-order valence-corrected chi connectivity index (χ4v) is 2.57. The molecule has 0 saturated carbocycles. The van der Waals surface area contributed by atoms with Gasteiger partial charge in [0.15, 0.2) is 0 Å². The number of hydrogen-bond acceptors (Lipinski definition) is 4. The van der Waals surface area contributed by atoms with Crippen LogP contribution in [-0.2, 0) is 16.6 Å². The Labute approximate surface area is 126 Å². The van der Waals surface area contributed by atoms with E-state index < -0.39 is 10.0 Å². The molecule has 1 aromatic carbocycles. The number of aromatic nitrogens is 1. The molecule has 20 heavy (non-hydrogen) atoms. The second kappa shape index (κ2) is 5.97. The first-order valence-electron chi connectivity index (χ1n) is 5.52. The molecule has 0 aliphatic carbocycles. The molecule has 0 bridgehead atoms. The lowest BCUT2D eigenvalue weighted by Gasteiger charge is -2.09. The first-order valence-corrected chi connectivity index (χ1v) is 7.83. The van der Waals surface area contributed by atoms with Crippen LogP contribution >= 0.6 is 23.2 Å². The van der Waals surface area contributed by atoms with Crippen molar-refractivity contribution in [1.29, 1.82) is 0 Å². The minimum Gasteiger partial charge on any atom is -0.381 e. The molecule has 0 aliphatic rings. The van der Waals surface area contributed by atoms with Gasteiger partial charge in [0.1, 0.15) is 0 Å². The number of sulfonamides is 1. The molecule has 3 N–H and O–H groups in total. The van der Waals surface area contributed by atoms with Crippen molar-refractivity contribution in [3.8, 4) is 0 Å². The second-order valence-corrected chi connectivity index (χ2v) is 6.38. The Morgan fingerprint density at radius 3 is 2.15 bits per heavy atom. The van der Waals surface area contributed by atoms with Crippen LogP contribution < -0.4 is 10.5 Å². The van der Waals surface area contributed by atoms with Gasteiger partial charge < -0.3 is 5.32 Å². The van der Waals surface area contributed by atoms with E-state index in [0.29, 0.717) is 16.6 Å². The number of anilines is 1. The molecule has 8 heteroatoms. The average molecular weight is 332 g/mol. The van der Waals surface area contributed by atoms with E-state index in [9.17, 15) is 8.42 Å².